The van der Waals surface area contributed by atoms with Crippen LogP contribution in [-0.4, -0.2) is 151 Å². The van der Waals surface area contributed by atoms with E-state index in [-0.39, 0.29) is 32.0 Å². The molecule has 214 valence electrons. The highest BCUT2D eigenvalue weighted by molar-refractivity contribution is 4.53. The lowest BCUT2D eigenvalue weighted by atomic mass is 10.4. The van der Waals surface area contributed by atoms with Crippen molar-refractivity contribution in [1.29, 1.82) is 0 Å². The van der Waals surface area contributed by atoms with Gasteiger partial charge in [0.25, 0.3) is 0 Å². The predicted molar refractivity (Wildman–Crippen MR) is 129 cm³/mol. The van der Waals surface area contributed by atoms with Crippen LogP contribution in [0.1, 0.15) is 20.8 Å². The smallest absolute Gasteiger partial charge is 0.0781 e. The van der Waals surface area contributed by atoms with Gasteiger partial charge < -0.3 is 58.3 Å². The predicted octanol–water partition coefficient (Wildman–Crippen LogP) is -0.760. The molecule has 0 bridgehead atoms. The van der Waals surface area contributed by atoms with Crippen molar-refractivity contribution < 1.29 is 58.3 Å². The van der Waals surface area contributed by atoms with E-state index in [9.17, 15) is 0 Å². The van der Waals surface area contributed by atoms with Gasteiger partial charge in [0.05, 0.1) is 131 Å². The Balaban J connectivity index is 0. The summed E-state index contributed by atoms with van der Waals surface area (Å²) in [7, 11) is 0. The first-order valence-corrected chi connectivity index (χ1v) is 12.2. The maximum Gasteiger partial charge on any atom is 0.0781 e. The third-order valence-corrected chi connectivity index (χ3v) is 3.83. The normalized spacial score (nSPS) is 13.8. The van der Waals surface area contributed by atoms with E-state index in [1.165, 1.54) is 0 Å². The van der Waals surface area contributed by atoms with Crippen molar-refractivity contribution in [2.45, 2.75) is 39.1 Å². The maximum absolute atomic E-state index is 8.92. The highest BCUT2D eigenvalue weighted by atomic mass is 16.6. The van der Waals surface area contributed by atoms with Gasteiger partial charge in [-0.3, -0.25) is 0 Å². The number of hydrogen-bond donors (Lipinski definition) is 4. The Hall–Kier alpha value is -0.480. The second kappa shape index (κ2) is 31.5. The number of hydrogen-bond acceptors (Lipinski definition) is 12. The van der Waals surface area contributed by atoms with Crippen LogP contribution >= 0.6 is 0 Å². The molecule has 0 aromatic carbocycles. The molecule has 3 unspecified atom stereocenters. The summed E-state index contributed by atoms with van der Waals surface area (Å²) in [6, 6.07) is 0. The van der Waals surface area contributed by atoms with Crippen LogP contribution in [0.4, 0.5) is 0 Å². The van der Waals surface area contributed by atoms with Crippen LogP contribution in [0.3, 0.4) is 0 Å². The standard InChI is InChI=1S/C14H30O8.C9H20O4/c15-1-3-17-5-7-19-9-11-21-13-14-22-12-10-20-8-6-18-4-2-16;1-7(11)5-12-9(3)6-13-8(2)4-10/h15-16H,1-14H2;7-11H,4-6H2,1-3H3. The summed E-state index contributed by atoms with van der Waals surface area (Å²) in [5, 5.41) is 34.5. The highest BCUT2D eigenvalue weighted by Crippen LogP contribution is 1.97. The molecule has 12 nitrogen and oxygen atoms in total. The Kier molecular flexibility index (Phi) is 33.1. The van der Waals surface area contributed by atoms with Gasteiger partial charge in [0.1, 0.15) is 0 Å². The van der Waals surface area contributed by atoms with E-state index >= 15 is 0 Å². The van der Waals surface area contributed by atoms with Crippen molar-refractivity contribution >= 4 is 0 Å². The van der Waals surface area contributed by atoms with E-state index in [0.717, 1.165) is 0 Å². The topological polar surface area (TPSA) is 155 Å². The lowest BCUT2D eigenvalue weighted by Gasteiger charge is -2.16. The SMILES string of the molecule is CC(O)COC(C)COC(C)CO.OCCOCCOCCOCCOCCOCCOCCO. The third kappa shape index (κ3) is 35.8. The van der Waals surface area contributed by atoms with Crippen LogP contribution in [0.25, 0.3) is 0 Å². The minimum atomic E-state index is -0.447. The van der Waals surface area contributed by atoms with Gasteiger partial charge in [0.2, 0.25) is 0 Å². The molecular weight excluding hydrogens is 468 g/mol. The number of rotatable bonds is 26. The number of aliphatic hydroxyl groups excluding tert-OH is 4. The fraction of sp³-hybridized carbons (Fsp3) is 1.00. The van der Waals surface area contributed by atoms with Crippen molar-refractivity contribution in [3.8, 4) is 0 Å². The minimum absolute atomic E-state index is 0.0170. The van der Waals surface area contributed by atoms with Crippen LogP contribution in [0, 0.1) is 0 Å². The van der Waals surface area contributed by atoms with E-state index in [4.69, 9.17) is 58.3 Å². The van der Waals surface area contributed by atoms with Crippen LogP contribution in [0.15, 0.2) is 0 Å². The molecule has 12 heteroatoms. The molecule has 3 atom stereocenters. The summed E-state index contributed by atoms with van der Waals surface area (Å²) in [5.74, 6) is 0. The minimum Gasteiger partial charge on any atom is -0.394 e. The summed E-state index contributed by atoms with van der Waals surface area (Å²) < 4.78 is 41.7. The van der Waals surface area contributed by atoms with Gasteiger partial charge in [-0.2, -0.15) is 0 Å². The summed E-state index contributed by atoms with van der Waals surface area (Å²) in [6.45, 7) is 11.9. The molecule has 0 aromatic rings. The largest absolute Gasteiger partial charge is 0.394 e. The number of aliphatic hydroxyl groups is 4. The molecule has 35 heavy (non-hydrogen) atoms. The molecule has 0 saturated carbocycles. The molecule has 4 N–H and O–H groups in total. The van der Waals surface area contributed by atoms with Gasteiger partial charge in [-0.05, 0) is 20.8 Å². The van der Waals surface area contributed by atoms with Crippen molar-refractivity contribution in [3.05, 3.63) is 0 Å². The van der Waals surface area contributed by atoms with Crippen LogP contribution in [0.5, 0.6) is 0 Å². The lowest BCUT2D eigenvalue weighted by molar-refractivity contribution is -0.0620. The fourth-order valence-corrected chi connectivity index (χ4v) is 2.03. The second-order valence-electron chi connectivity index (χ2n) is 7.44. The summed E-state index contributed by atoms with van der Waals surface area (Å²) in [6.07, 6.45) is -0.654. The summed E-state index contributed by atoms with van der Waals surface area (Å²) >= 11 is 0. The van der Waals surface area contributed by atoms with Crippen molar-refractivity contribution in [3.63, 3.8) is 0 Å². The Labute approximate surface area is 210 Å². The molecule has 0 aliphatic heterocycles. The summed E-state index contributed by atoms with van der Waals surface area (Å²) in [4.78, 5) is 0. The molecule has 0 rings (SSSR count). The quantitative estimate of drug-likeness (QED) is 0.106. The molecule has 0 fully saturated rings. The molecular formula is C23H50O12. The van der Waals surface area contributed by atoms with Gasteiger partial charge in [-0.25, -0.2) is 0 Å². The monoisotopic (exact) mass is 518 g/mol. The molecule has 0 aliphatic rings. The van der Waals surface area contributed by atoms with Crippen molar-refractivity contribution in [2.75, 3.05) is 112 Å². The van der Waals surface area contributed by atoms with Crippen LogP contribution < -0.4 is 0 Å². The van der Waals surface area contributed by atoms with E-state index < -0.39 is 6.10 Å². The average Bonchev–Trinajstić information content (AvgIpc) is 2.85. The van der Waals surface area contributed by atoms with Gasteiger partial charge in [-0.15, -0.1) is 0 Å². The number of ether oxygens (including phenoxy) is 8. The van der Waals surface area contributed by atoms with Crippen molar-refractivity contribution in [1.82, 2.24) is 0 Å². The second-order valence-corrected chi connectivity index (χ2v) is 7.44. The third-order valence-electron chi connectivity index (χ3n) is 3.83. The molecule has 0 heterocycles. The van der Waals surface area contributed by atoms with Gasteiger partial charge in [0.15, 0.2) is 0 Å². The van der Waals surface area contributed by atoms with Crippen LogP contribution in [-0.2, 0) is 37.9 Å². The molecule has 0 spiro atoms. The maximum atomic E-state index is 8.92. The summed E-state index contributed by atoms with van der Waals surface area (Å²) in [5.41, 5.74) is 0. The van der Waals surface area contributed by atoms with E-state index in [1.54, 1.807) is 13.8 Å². The van der Waals surface area contributed by atoms with Crippen molar-refractivity contribution in [2.24, 2.45) is 0 Å². The first kappa shape index (κ1) is 36.7. The van der Waals surface area contributed by atoms with Crippen LogP contribution in [0.2, 0.25) is 0 Å². The fourth-order valence-electron chi connectivity index (χ4n) is 2.03. The molecule has 0 aromatic heterocycles. The lowest BCUT2D eigenvalue weighted by Crippen LogP contribution is -2.24. The zero-order valence-corrected chi connectivity index (χ0v) is 21.8. The zero-order valence-electron chi connectivity index (χ0n) is 21.8. The van der Waals surface area contributed by atoms with Gasteiger partial charge in [0, 0.05) is 0 Å². The van der Waals surface area contributed by atoms with Gasteiger partial charge >= 0.3 is 0 Å². The molecule has 0 radical (unpaired) electrons. The Morgan fingerprint density at radius 2 is 0.771 bits per heavy atom. The van der Waals surface area contributed by atoms with Gasteiger partial charge in [-0.1, -0.05) is 0 Å². The first-order chi connectivity index (χ1) is 17.0. The molecule has 0 aliphatic carbocycles. The Morgan fingerprint density at radius 3 is 1.06 bits per heavy atom. The van der Waals surface area contributed by atoms with E-state index in [2.05, 4.69) is 0 Å². The van der Waals surface area contributed by atoms with E-state index in [0.29, 0.717) is 92.5 Å². The average molecular weight is 519 g/mol. The first-order valence-electron chi connectivity index (χ1n) is 12.2. The Bertz CT molecular complexity index is 356. The Morgan fingerprint density at radius 1 is 0.457 bits per heavy atom. The molecule has 0 saturated heterocycles. The highest BCUT2D eigenvalue weighted by Gasteiger charge is 2.07. The van der Waals surface area contributed by atoms with E-state index in [1.807, 2.05) is 6.92 Å². The zero-order chi connectivity index (χ0) is 26.4. The molecule has 0 amide bonds.